The fourth-order valence-electron chi connectivity index (χ4n) is 0.559. The first-order chi connectivity index (χ1) is 4.47. The zero-order chi connectivity index (χ0) is 6.10. The molecule has 0 amide bonds. The SMILES string of the molecule is c1nc2nnncc2o1. The molecule has 0 aliphatic heterocycles. The molecule has 5 heteroatoms. The first-order valence-electron chi connectivity index (χ1n) is 2.34. The van der Waals surface area contributed by atoms with Crippen molar-refractivity contribution in [2.24, 2.45) is 0 Å². The van der Waals surface area contributed by atoms with Gasteiger partial charge in [0.1, 0.15) is 0 Å². The van der Waals surface area contributed by atoms with E-state index in [1.807, 2.05) is 0 Å². The van der Waals surface area contributed by atoms with Crippen molar-refractivity contribution >= 4 is 11.2 Å². The highest BCUT2D eigenvalue weighted by molar-refractivity contribution is 5.63. The molecule has 0 unspecified atom stereocenters. The summed E-state index contributed by atoms with van der Waals surface area (Å²) in [7, 11) is 0. The zero-order valence-electron chi connectivity index (χ0n) is 4.35. The fraction of sp³-hybridized carbons (Fsp3) is 0. The number of rotatable bonds is 0. The molecular weight excluding hydrogens is 120 g/mol. The molecule has 2 aromatic rings. The predicted molar refractivity (Wildman–Crippen MR) is 27.4 cm³/mol. The molecule has 0 spiro atoms. The van der Waals surface area contributed by atoms with Gasteiger partial charge in [0.25, 0.3) is 0 Å². The summed E-state index contributed by atoms with van der Waals surface area (Å²) in [4.78, 5) is 3.74. The molecule has 2 aromatic heterocycles. The number of fused-ring (bicyclic) bond motifs is 1. The molecule has 0 radical (unpaired) electrons. The number of nitrogens with zero attached hydrogens (tertiary/aromatic N) is 4. The lowest BCUT2D eigenvalue weighted by Crippen LogP contribution is -1.83. The highest BCUT2D eigenvalue weighted by Crippen LogP contribution is 2.02. The summed E-state index contributed by atoms with van der Waals surface area (Å²) in [5, 5.41) is 10.4. The molecule has 44 valence electrons. The van der Waals surface area contributed by atoms with Gasteiger partial charge < -0.3 is 4.42 Å². The van der Waals surface area contributed by atoms with Crippen LogP contribution in [0.15, 0.2) is 17.0 Å². The molecule has 2 heterocycles. The Kier molecular flexibility index (Phi) is 0.717. The van der Waals surface area contributed by atoms with Crippen LogP contribution in [0.3, 0.4) is 0 Å². The van der Waals surface area contributed by atoms with Gasteiger partial charge in [-0.2, -0.15) is 4.98 Å². The molecule has 0 saturated heterocycles. The molecule has 0 bridgehead atoms. The van der Waals surface area contributed by atoms with Crippen LogP contribution in [-0.2, 0) is 0 Å². The van der Waals surface area contributed by atoms with Gasteiger partial charge in [-0.15, -0.1) is 10.2 Å². The average Bonchev–Trinajstić information content (AvgIpc) is 2.33. The Bertz CT molecular complexity index is 287. The fourth-order valence-corrected chi connectivity index (χ4v) is 0.559. The monoisotopic (exact) mass is 122 g/mol. The van der Waals surface area contributed by atoms with Gasteiger partial charge in [0.15, 0.2) is 12.0 Å². The van der Waals surface area contributed by atoms with E-state index in [0.717, 1.165) is 0 Å². The third-order valence-electron chi connectivity index (χ3n) is 0.941. The molecule has 2 rings (SSSR count). The van der Waals surface area contributed by atoms with E-state index < -0.39 is 0 Å². The van der Waals surface area contributed by atoms with Crippen LogP contribution in [0.4, 0.5) is 0 Å². The van der Waals surface area contributed by atoms with Crippen molar-refractivity contribution in [2.75, 3.05) is 0 Å². The van der Waals surface area contributed by atoms with Gasteiger partial charge in [-0.25, -0.2) is 0 Å². The summed E-state index contributed by atoms with van der Waals surface area (Å²) in [5.74, 6) is 0. The van der Waals surface area contributed by atoms with Crippen LogP contribution in [-0.4, -0.2) is 20.4 Å². The lowest BCUT2D eigenvalue weighted by molar-refractivity contribution is 0.599. The van der Waals surface area contributed by atoms with Crippen molar-refractivity contribution in [1.82, 2.24) is 20.4 Å². The number of hydrogen-bond acceptors (Lipinski definition) is 5. The standard InChI is InChI=1S/C4H2N4O/c1-3-4(5-2-9-3)7-8-6-1/h1-2H. The Morgan fingerprint density at radius 1 is 1.44 bits per heavy atom. The van der Waals surface area contributed by atoms with Crippen LogP contribution < -0.4 is 0 Å². The first kappa shape index (κ1) is 4.37. The maximum Gasteiger partial charge on any atom is 0.223 e. The molecule has 0 fully saturated rings. The van der Waals surface area contributed by atoms with Crippen LogP contribution >= 0.6 is 0 Å². The highest BCUT2D eigenvalue weighted by atomic mass is 16.3. The Morgan fingerprint density at radius 3 is 3.33 bits per heavy atom. The highest BCUT2D eigenvalue weighted by Gasteiger charge is 1.95. The maximum absolute atomic E-state index is 4.84. The van der Waals surface area contributed by atoms with Crippen LogP contribution in [0.2, 0.25) is 0 Å². The van der Waals surface area contributed by atoms with E-state index >= 15 is 0 Å². The molecule has 0 saturated carbocycles. The summed E-state index contributed by atoms with van der Waals surface area (Å²) in [6.45, 7) is 0. The topological polar surface area (TPSA) is 64.7 Å². The number of aromatic nitrogens is 4. The van der Waals surface area contributed by atoms with Crippen molar-refractivity contribution in [3.05, 3.63) is 12.6 Å². The Labute approximate surface area is 49.7 Å². The molecular formula is C4H2N4O. The van der Waals surface area contributed by atoms with Crippen molar-refractivity contribution in [3.8, 4) is 0 Å². The van der Waals surface area contributed by atoms with Crippen molar-refractivity contribution < 1.29 is 4.42 Å². The Hall–Kier alpha value is -1.52. The van der Waals surface area contributed by atoms with E-state index in [2.05, 4.69) is 20.4 Å². The van der Waals surface area contributed by atoms with E-state index in [9.17, 15) is 0 Å². The number of oxazole rings is 1. The molecule has 0 atom stereocenters. The lowest BCUT2D eigenvalue weighted by Gasteiger charge is -1.76. The minimum absolute atomic E-state index is 0.491. The van der Waals surface area contributed by atoms with Gasteiger partial charge in [0.2, 0.25) is 5.65 Å². The smallest absolute Gasteiger partial charge is 0.223 e. The molecule has 0 aliphatic carbocycles. The summed E-state index contributed by atoms with van der Waals surface area (Å²) in [6, 6.07) is 0. The van der Waals surface area contributed by atoms with E-state index in [1.54, 1.807) is 0 Å². The molecule has 0 aromatic carbocycles. The second-order valence-electron chi connectivity index (χ2n) is 1.47. The van der Waals surface area contributed by atoms with Crippen molar-refractivity contribution in [1.29, 1.82) is 0 Å². The largest absolute Gasteiger partial charge is 0.440 e. The van der Waals surface area contributed by atoms with E-state index in [1.165, 1.54) is 12.6 Å². The molecule has 9 heavy (non-hydrogen) atoms. The maximum atomic E-state index is 4.84. The van der Waals surface area contributed by atoms with Crippen LogP contribution in [0.1, 0.15) is 0 Å². The number of hydrogen-bond donors (Lipinski definition) is 0. The molecule has 0 N–H and O–H groups in total. The summed E-state index contributed by atoms with van der Waals surface area (Å²) >= 11 is 0. The van der Waals surface area contributed by atoms with Crippen molar-refractivity contribution in [3.63, 3.8) is 0 Å². The summed E-state index contributed by atoms with van der Waals surface area (Å²) in [6.07, 6.45) is 2.77. The third-order valence-corrected chi connectivity index (χ3v) is 0.941. The predicted octanol–water partition coefficient (Wildman–Crippen LogP) is 0.0128. The van der Waals surface area contributed by atoms with Crippen LogP contribution in [0.5, 0.6) is 0 Å². The molecule has 5 nitrogen and oxygen atoms in total. The quantitative estimate of drug-likeness (QED) is 0.492. The van der Waals surface area contributed by atoms with Gasteiger partial charge in [0.05, 0.1) is 6.20 Å². The minimum Gasteiger partial charge on any atom is -0.440 e. The lowest BCUT2D eigenvalue weighted by atomic mass is 10.6. The van der Waals surface area contributed by atoms with E-state index in [4.69, 9.17) is 4.42 Å². The van der Waals surface area contributed by atoms with Gasteiger partial charge in [-0.05, 0) is 5.21 Å². The van der Waals surface area contributed by atoms with E-state index in [0.29, 0.717) is 11.2 Å². The summed E-state index contributed by atoms with van der Waals surface area (Å²) in [5.41, 5.74) is 1.05. The molecule has 0 aliphatic rings. The van der Waals surface area contributed by atoms with E-state index in [-0.39, 0.29) is 0 Å². The van der Waals surface area contributed by atoms with Gasteiger partial charge in [0, 0.05) is 0 Å². The normalized spacial score (nSPS) is 10.2. The second kappa shape index (κ2) is 1.48. The van der Waals surface area contributed by atoms with Crippen molar-refractivity contribution in [2.45, 2.75) is 0 Å². The van der Waals surface area contributed by atoms with Gasteiger partial charge >= 0.3 is 0 Å². The summed E-state index contributed by atoms with van der Waals surface area (Å²) < 4.78 is 4.84. The minimum atomic E-state index is 0.491. The second-order valence-corrected chi connectivity index (χ2v) is 1.47. The Balaban J connectivity index is 2.95. The van der Waals surface area contributed by atoms with Gasteiger partial charge in [-0.3, -0.25) is 0 Å². The average molecular weight is 122 g/mol. The first-order valence-corrected chi connectivity index (χ1v) is 2.34. The van der Waals surface area contributed by atoms with Crippen LogP contribution in [0.25, 0.3) is 11.2 Å². The Morgan fingerprint density at radius 2 is 2.44 bits per heavy atom. The zero-order valence-corrected chi connectivity index (χ0v) is 4.35. The third kappa shape index (κ3) is 0.543. The van der Waals surface area contributed by atoms with Gasteiger partial charge in [-0.1, -0.05) is 0 Å². The van der Waals surface area contributed by atoms with Crippen LogP contribution in [0, 0.1) is 0 Å².